The molecule has 0 radical (unpaired) electrons. The summed E-state index contributed by atoms with van der Waals surface area (Å²) in [6, 6.07) is 13.3. The number of piperidine rings is 1. The van der Waals surface area contributed by atoms with Gasteiger partial charge in [-0.25, -0.2) is 26.8 Å². The van der Waals surface area contributed by atoms with Gasteiger partial charge in [0.1, 0.15) is 0 Å². The second-order valence-electron chi connectivity index (χ2n) is 17.2. The lowest BCUT2D eigenvalue weighted by atomic mass is 10.0. The fourth-order valence-electron chi connectivity index (χ4n) is 8.87. The highest BCUT2D eigenvalue weighted by Gasteiger charge is 2.39. The summed E-state index contributed by atoms with van der Waals surface area (Å²) in [4.78, 5) is 17.7. The molecule has 346 valence electrons. The monoisotopic (exact) mass is 964 g/mol. The molecule has 7 aromatic rings. The lowest BCUT2D eigenvalue weighted by Crippen LogP contribution is -2.60. The summed E-state index contributed by atoms with van der Waals surface area (Å²) in [5.41, 5.74) is 5.81. The molecular formula is C43H54Cl2N14O4S2. The molecule has 4 aromatic heterocycles. The van der Waals surface area contributed by atoms with E-state index < -0.39 is 25.6 Å². The average molecular weight is 966 g/mol. The third kappa shape index (κ3) is 10.4. The van der Waals surface area contributed by atoms with E-state index in [0.29, 0.717) is 25.3 Å². The number of sulfonamides is 2. The van der Waals surface area contributed by atoms with Crippen molar-refractivity contribution in [2.75, 3.05) is 102 Å². The first-order chi connectivity index (χ1) is 31.0. The summed E-state index contributed by atoms with van der Waals surface area (Å²) in [6.45, 7) is 10.9. The van der Waals surface area contributed by atoms with Crippen LogP contribution in [0.3, 0.4) is 0 Å². The van der Waals surface area contributed by atoms with E-state index in [1.54, 1.807) is 24.7 Å². The zero-order valence-corrected chi connectivity index (χ0v) is 40.2. The van der Waals surface area contributed by atoms with Gasteiger partial charge in [0.2, 0.25) is 26.0 Å². The van der Waals surface area contributed by atoms with Crippen LogP contribution < -0.4 is 23.9 Å². The number of fused-ring (bicyclic) bond motifs is 3. The number of nitrogens with zero attached hydrogens (tertiary/aromatic N) is 11. The fraction of sp³-hybridized carbons (Fsp3) is 0.419. The van der Waals surface area contributed by atoms with Gasteiger partial charge in [0.25, 0.3) is 0 Å². The zero-order chi connectivity index (χ0) is 46.1. The van der Waals surface area contributed by atoms with Crippen LogP contribution in [0.5, 0.6) is 0 Å². The molecule has 3 saturated heterocycles. The van der Waals surface area contributed by atoms with Gasteiger partial charge in [-0.15, -0.1) is 0 Å². The van der Waals surface area contributed by atoms with Crippen LogP contribution in [0, 0.1) is 0 Å². The number of benzene rings is 3. The molecule has 3 aliphatic rings. The maximum Gasteiger partial charge on any atom is 0.231 e. The van der Waals surface area contributed by atoms with E-state index in [2.05, 4.69) is 60.2 Å². The number of hydrogen-bond donors (Lipinski definition) is 3. The minimum Gasteiger partial charge on any atom is -0.371 e. The lowest BCUT2D eigenvalue weighted by Gasteiger charge is -2.46. The van der Waals surface area contributed by atoms with Crippen LogP contribution in [0.2, 0.25) is 10.0 Å². The summed E-state index contributed by atoms with van der Waals surface area (Å²) >= 11 is 12.3. The Bertz CT molecular complexity index is 2990. The standard InChI is InChI=1S/C16H25N5O4S2.C15H15ClN6.C12H14ClN3/c1-16(2)11-20(6-7-21(16)27(5,24)25)15-9-12(19(3)26(4,22)23)8-14-13(15)10-17-18-14;16-11-8-13-12(10-19-20-13)14(9-11)21-4-6-22(7-5-21)15-17-2-1-3-18-15;13-9-6-11-10(8-14-15-11)12(7-9)16-4-2-1-3-5-16/h8-10H,6-7,11H2,1-5H3,(H,17,18);1-3,8-10H,4-7H2,(H,19,20);6-8H,1-5H2,(H,14,15). The number of anilines is 5. The molecule has 3 aromatic carbocycles. The summed E-state index contributed by atoms with van der Waals surface area (Å²) < 4.78 is 50.8. The van der Waals surface area contributed by atoms with Gasteiger partial charge in [-0.1, -0.05) is 23.2 Å². The van der Waals surface area contributed by atoms with Crippen molar-refractivity contribution in [3.63, 3.8) is 0 Å². The number of H-pyrrole nitrogens is 3. The quantitative estimate of drug-likeness (QED) is 0.160. The summed E-state index contributed by atoms with van der Waals surface area (Å²) in [6.07, 6.45) is 15.2. The number of nitrogens with one attached hydrogen (secondary N) is 3. The van der Waals surface area contributed by atoms with Crippen molar-refractivity contribution in [2.45, 2.75) is 38.6 Å². The van der Waals surface area contributed by atoms with Crippen molar-refractivity contribution in [3.05, 3.63) is 83.5 Å². The van der Waals surface area contributed by atoms with Crippen molar-refractivity contribution in [2.24, 2.45) is 0 Å². The zero-order valence-electron chi connectivity index (χ0n) is 37.0. The Morgan fingerprint density at radius 3 is 1.55 bits per heavy atom. The van der Waals surface area contributed by atoms with E-state index in [-0.39, 0.29) is 0 Å². The minimum atomic E-state index is -3.41. The normalized spacial score (nSPS) is 17.2. The third-order valence-electron chi connectivity index (χ3n) is 12.1. The molecule has 18 nitrogen and oxygen atoms in total. The molecule has 3 aliphatic heterocycles. The second-order valence-corrected chi connectivity index (χ2v) is 22.0. The highest BCUT2D eigenvalue weighted by molar-refractivity contribution is 7.92. The maximum atomic E-state index is 12.1. The number of halogens is 2. The van der Waals surface area contributed by atoms with Crippen molar-refractivity contribution < 1.29 is 16.8 Å². The second kappa shape index (κ2) is 18.8. The Labute approximate surface area is 389 Å². The first-order valence-electron chi connectivity index (χ1n) is 21.4. The van der Waals surface area contributed by atoms with Crippen LogP contribution in [-0.4, -0.2) is 146 Å². The van der Waals surface area contributed by atoms with Gasteiger partial charge in [-0.3, -0.25) is 19.6 Å². The highest BCUT2D eigenvalue weighted by atomic mass is 35.5. The number of rotatable bonds is 7. The Balaban J connectivity index is 0.000000137. The molecule has 0 bridgehead atoms. The van der Waals surface area contributed by atoms with Gasteiger partial charge in [-0.2, -0.15) is 19.6 Å². The smallest absolute Gasteiger partial charge is 0.231 e. The Kier molecular flexibility index (Phi) is 13.4. The van der Waals surface area contributed by atoms with E-state index in [9.17, 15) is 16.8 Å². The average Bonchev–Trinajstić information content (AvgIpc) is 4.07. The Morgan fingerprint density at radius 1 is 0.600 bits per heavy atom. The van der Waals surface area contributed by atoms with E-state index in [1.807, 2.05) is 62.6 Å². The largest absolute Gasteiger partial charge is 0.371 e. The van der Waals surface area contributed by atoms with Crippen LogP contribution in [0.1, 0.15) is 33.1 Å². The summed E-state index contributed by atoms with van der Waals surface area (Å²) in [5, 5.41) is 25.8. The van der Waals surface area contributed by atoms with Crippen LogP contribution in [0.15, 0.2) is 73.4 Å². The van der Waals surface area contributed by atoms with Gasteiger partial charge in [0, 0.05) is 127 Å². The van der Waals surface area contributed by atoms with Crippen LogP contribution in [0.4, 0.5) is 28.7 Å². The van der Waals surface area contributed by atoms with Crippen molar-refractivity contribution in [1.29, 1.82) is 0 Å². The molecule has 0 atom stereocenters. The molecule has 65 heavy (non-hydrogen) atoms. The van der Waals surface area contributed by atoms with Gasteiger partial charge in [0.15, 0.2) is 0 Å². The summed E-state index contributed by atoms with van der Waals surface area (Å²) in [5.74, 6) is 0.793. The molecule has 7 heterocycles. The third-order valence-corrected chi connectivity index (χ3v) is 15.2. The molecule has 0 saturated carbocycles. The number of aromatic nitrogens is 8. The van der Waals surface area contributed by atoms with Crippen molar-refractivity contribution in [3.8, 4) is 0 Å². The SMILES string of the molecule is CN(c1cc(N2CCN(S(C)(=O)=O)C(C)(C)C2)c2cn[nH]c2c1)S(C)(=O)=O.Clc1cc(N2CCCCC2)c2cn[nH]c2c1.Clc1cc(N2CCN(c3ncccn3)CC2)c2cn[nH]c2c1. The highest BCUT2D eigenvalue weighted by Crippen LogP contribution is 2.36. The first kappa shape index (κ1) is 46.1. The van der Waals surface area contributed by atoms with E-state index >= 15 is 0 Å². The first-order valence-corrected chi connectivity index (χ1v) is 25.8. The molecule has 22 heteroatoms. The summed E-state index contributed by atoms with van der Waals surface area (Å²) in [7, 11) is -5.22. The molecule has 0 spiro atoms. The van der Waals surface area contributed by atoms with E-state index in [4.69, 9.17) is 23.2 Å². The van der Waals surface area contributed by atoms with Gasteiger partial charge in [-0.05, 0) is 75.6 Å². The van der Waals surface area contributed by atoms with Gasteiger partial charge >= 0.3 is 0 Å². The topological polar surface area (TPSA) is 200 Å². The number of piperazine rings is 2. The van der Waals surface area contributed by atoms with Crippen molar-refractivity contribution in [1.82, 2.24) is 44.9 Å². The van der Waals surface area contributed by atoms with Gasteiger partial charge in [0.05, 0.1) is 53.3 Å². The molecule has 3 N–H and O–H groups in total. The predicted octanol–water partition coefficient (Wildman–Crippen LogP) is 6.36. The van der Waals surface area contributed by atoms with Crippen LogP contribution in [-0.2, 0) is 20.0 Å². The maximum absolute atomic E-state index is 12.1. The van der Waals surface area contributed by atoms with Gasteiger partial charge < -0.3 is 19.6 Å². The molecule has 0 aliphatic carbocycles. The minimum absolute atomic E-state index is 0.358. The molecule has 3 fully saturated rings. The van der Waals surface area contributed by atoms with Crippen LogP contribution >= 0.6 is 23.2 Å². The van der Waals surface area contributed by atoms with E-state index in [1.165, 1.54) is 52.2 Å². The van der Waals surface area contributed by atoms with Crippen LogP contribution in [0.25, 0.3) is 32.7 Å². The Morgan fingerprint density at radius 2 is 1.06 bits per heavy atom. The number of aromatic amines is 3. The molecular weight excluding hydrogens is 912 g/mol. The number of hydrogen-bond acceptors (Lipinski definition) is 13. The fourth-order valence-corrected chi connectivity index (χ4v) is 11.2. The predicted molar refractivity (Wildman–Crippen MR) is 262 cm³/mol. The molecule has 0 unspecified atom stereocenters. The Hall–Kier alpha value is -5.41. The molecule has 10 rings (SSSR count). The molecule has 0 amide bonds. The van der Waals surface area contributed by atoms with E-state index in [0.717, 1.165) is 100 Å². The van der Waals surface area contributed by atoms with Crippen molar-refractivity contribution >= 4 is 105 Å². The lowest BCUT2D eigenvalue weighted by molar-refractivity contribution is 0.206.